The Hall–Kier alpha value is -7.22. The second kappa shape index (κ2) is 13.2. The molecule has 4 bridgehead atoms. The highest BCUT2D eigenvalue weighted by atomic mass is 15.1. The topological polar surface area (TPSA) is 3.24 Å². The Balaban J connectivity index is 1.05. The molecule has 7 aliphatic carbocycles. The van der Waals surface area contributed by atoms with E-state index < -0.39 is 5.41 Å². The van der Waals surface area contributed by atoms with Crippen molar-refractivity contribution in [2.45, 2.75) is 36.5 Å². The van der Waals surface area contributed by atoms with Crippen molar-refractivity contribution in [1.29, 1.82) is 0 Å². The summed E-state index contributed by atoms with van der Waals surface area (Å²) in [7, 11) is 0. The molecule has 5 atom stereocenters. The van der Waals surface area contributed by atoms with Gasteiger partial charge in [0.25, 0.3) is 0 Å². The minimum atomic E-state index is -0.444. The van der Waals surface area contributed by atoms with E-state index in [1.807, 2.05) is 0 Å². The highest BCUT2D eigenvalue weighted by Gasteiger charge is 2.66. The number of hydrogen-bond acceptors (Lipinski definition) is 1. The van der Waals surface area contributed by atoms with E-state index in [0.29, 0.717) is 11.8 Å². The lowest BCUT2D eigenvalue weighted by atomic mass is 9.59. The van der Waals surface area contributed by atoms with Crippen LogP contribution < -0.4 is 4.90 Å². The van der Waals surface area contributed by atoms with E-state index in [1.54, 1.807) is 11.1 Å². The van der Waals surface area contributed by atoms with Gasteiger partial charge in [0.05, 0.1) is 16.8 Å². The van der Waals surface area contributed by atoms with Crippen molar-refractivity contribution in [1.82, 2.24) is 0 Å². The largest absolute Gasteiger partial charge is 0.309 e. The van der Waals surface area contributed by atoms with Crippen molar-refractivity contribution in [2.24, 2.45) is 23.7 Å². The summed E-state index contributed by atoms with van der Waals surface area (Å²) in [6.45, 7) is 0. The number of benzene rings is 9. The van der Waals surface area contributed by atoms with Crippen LogP contribution in [0.25, 0.3) is 55.6 Å². The van der Waals surface area contributed by atoms with Crippen LogP contribution in [-0.2, 0) is 10.8 Å². The second-order valence-electron chi connectivity index (χ2n) is 19.9. The first-order valence-electron chi connectivity index (χ1n) is 24.0. The molecule has 5 unspecified atom stereocenters. The molecule has 4 saturated carbocycles. The van der Waals surface area contributed by atoms with Gasteiger partial charge in [-0.25, -0.2) is 0 Å². The van der Waals surface area contributed by atoms with Crippen LogP contribution in [0.15, 0.2) is 212 Å². The van der Waals surface area contributed by atoms with Gasteiger partial charge in [-0.1, -0.05) is 188 Å². The maximum absolute atomic E-state index is 2.68. The average Bonchev–Trinajstić information content (AvgIpc) is 4.10. The Labute approximate surface area is 381 Å². The van der Waals surface area contributed by atoms with Crippen LogP contribution in [0.3, 0.4) is 0 Å². The molecule has 308 valence electrons. The Morgan fingerprint density at radius 1 is 0.354 bits per heavy atom. The zero-order valence-electron chi connectivity index (χ0n) is 36.3. The molecule has 1 heteroatoms. The Kier molecular flexibility index (Phi) is 7.33. The van der Waals surface area contributed by atoms with Crippen LogP contribution in [0.4, 0.5) is 17.1 Å². The molecule has 0 radical (unpaired) electrons. The molecule has 0 heterocycles. The summed E-state index contributed by atoms with van der Waals surface area (Å²) in [6, 6.07) is 81.2. The normalized spacial score (nSPS) is 22.4. The fourth-order valence-electron chi connectivity index (χ4n) is 15.3. The standard InChI is InChI=1S/C64H47N/c1-3-17-41(18-4-1)46-25-15-31-59(61(46)42-19-5-2-6-20-42)65(45-33-34-50-49-23-7-11-26-52(49)63(58(50)39-45)44-36-40-35-43(38-44)57(63)37-40)60-32-16-30-56-62(60)51-24-10-14-29-55(51)64(56)53-27-12-8-21-47(53)48-22-9-13-28-54(48)64/h1-34,39-40,43-44,57H,35-38H2. The Morgan fingerprint density at radius 2 is 0.877 bits per heavy atom. The fraction of sp³-hybridized carbons (Fsp3) is 0.156. The number of anilines is 3. The minimum absolute atomic E-state index is 0.0615. The van der Waals surface area contributed by atoms with Gasteiger partial charge in [0.1, 0.15) is 0 Å². The SMILES string of the molecule is c1ccc(-c2cccc(N(c3ccc4c(c3)C3(c5ccccc5-4)C4CC5CC(C4)C3C5)c3cccc4c3-c3ccccc3C43c4ccccc4-c4ccccc43)c2-c2ccccc2)cc1. The quantitative estimate of drug-likeness (QED) is 0.167. The van der Waals surface area contributed by atoms with Crippen LogP contribution in [0.1, 0.15) is 59.1 Å². The molecular formula is C64H47N. The summed E-state index contributed by atoms with van der Waals surface area (Å²) in [6.07, 6.45) is 5.52. The van der Waals surface area contributed by atoms with Gasteiger partial charge < -0.3 is 4.90 Å². The van der Waals surface area contributed by atoms with E-state index in [1.165, 1.54) is 121 Å². The first-order valence-corrected chi connectivity index (χ1v) is 24.0. The van der Waals surface area contributed by atoms with Crippen molar-refractivity contribution < 1.29 is 0 Å². The lowest BCUT2D eigenvalue weighted by molar-refractivity contribution is 0.191. The third-order valence-electron chi connectivity index (χ3n) is 17.3. The van der Waals surface area contributed by atoms with Gasteiger partial charge in [0, 0.05) is 22.2 Å². The lowest BCUT2D eigenvalue weighted by Crippen LogP contribution is -2.40. The lowest BCUT2D eigenvalue weighted by Gasteiger charge is -2.44. The zero-order valence-corrected chi connectivity index (χ0v) is 36.3. The molecule has 0 amide bonds. The average molecular weight is 830 g/mol. The first kappa shape index (κ1) is 36.2. The molecule has 7 aliphatic rings. The summed E-state index contributed by atoms with van der Waals surface area (Å²) in [5.74, 6) is 3.11. The van der Waals surface area contributed by atoms with Crippen molar-refractivity contribution in [3.8, 4) is 55.6 Å². The third kappa shape index (κ3) is 4.54. The summed E-state index contributed by atoms with van der Waals surface area (Å²) in [4.78, 5) is 2.68. The monoisotopic (exact) mass is 829 g/mol. The highest BCUT2D eigenvalue weighted by Crippen LogP contribution is 2.73. The minimum Gasteiger partial charge on any atom is -0.309 e. The molecule has 1 nitrogen and oxygen atoms in total. The van der Waals surface area contributed by atoms with Crippen molar-refractivity contribution in [3.05, 3.63) is 246 Å². The maximum Gasteiger partial charge on any atom is 0.0726 e. The Bertz CT molecular complexity index is 3380. The first-order chi connectivity index (χ1) is 32.2. The number of hydrogen-bond donors (Lipinski definition) is 0. The van der Waals surface area contributed by atoms with Gasteiger partial charge >= 0.3 is 0 Å². The summed E-state index contributed by atoms with van der Waals surface area (Å²) < 4.78 is 0. The summed E-state index contributed by atoms with van der Waals surface area (Å²) in [5, 5.41) is 0. The van der Waals surface area contributed by atoms with E-state index in [9.17, 15) is 0 Å². The van der Waals surface area contributed by atoms with Gasteiger partial charge in [0.2, 0.25) is 0 Å². The van der Waals surface area contributed by atoms with Gasteiger partial charge in [-0.15, -0.1) is 0 Å². The van der Waals surface area contributed by atoms with Crippen LogP contribution in [-0.4, -0.2) is 0 Å². The van der Waals surface area contributed by atoms with Crippen LogP contribution in [0.2, 0.25) is 0 Å². The smallest absolute Gasteiger partial charge is 0.0726 e. The maximum atomic E-state index is 2.68. The highest BCUT2D eigenvalue weighted by molar-refractivity contribution is 6.04. The molecule has 9 aromatic rings. The zero-order chi connectivity index (χ0) is 42.4. The molecular weight excluding hydrogens is 783 g/mol. The Morgan fingerprint density at radius 3 is 1.57 bits per heavy atom. The van der Waals surface area contributed by atoms with Crippen molar-refractivity contribution in [3.63, 3.8) is 0 Å². The molecule has 16 rings (SSSR count). The van der Waals surface area contributed by atoms with Crippen LogP contribution in [0.5, 0.6) is 0 Å². The molecule has 0 aromatic heterocycles. The predicted molar refractivity (Wildman–Crippen MR) is 267 cm³/mol. The summed E-state index contributed by atoms with van der Waals surface area (Å²) in [5.41, 5.74) is 25.0. The van der Waals surface area contributed by atoms with E-state index in [4.69, 9.17) is 0 Å². The number of fused-ring (bicyclic) bond motifs is 13. The van der Waals surface area contributed by atoms with Crippen LogP contribution in [0, 0.1) is 23.7 Å². The fourth-order valence-corrected chi connectivity index (χ4v) is 15.3. The molecule has 9 aromatic carbocycles. The number of rotatable bonds is 5. The summed E-state index contributed by atoms with van der Waals surface area (Å²) >= 11 is 0. The van der Waals surface area contributed by atoms with Gasteiger partial charge in [-0.2, -0.15) is 0 Å². The predicted octanol–water partition coefficient (Wildman–Crippen LogP) is 16.2. The van der Waals surface area contributed by atoms with E-state index in [-0.39, 0.29) is 5.41 Å². The van der Waals surface area contributed by atoms with E-state index >= 15 is 0 Å². The second-order valence-corrected chi connectivity index (χ2v) is 19.9. The van der Waals surface area contributed by atoms with Crippen molar-refractivity contribution in [2.75, 3.05) is 4.90 Å². The molecule has 0 saturated heterocycles. The van der Waals surface area contributed by atoms with E-state index in [2.05, 4.69) is 217 Å². The van der Waals surface area contributed by atoms with Crippen molar-refractivity contribution >= 4 is 17.1 Å². The molecule has 2 spiro atoms. The molecule has 0 N–H and O–H groups in total. The number of nitrogens with zero attached hydrogens (tertiary/aromatic N) is 1. The van der Waals surface area contributed by atoms with Gasteiger partial charge in [0.15, 0.2) is 0 Å². The molecule has 4 fully saturated rings. The van der Waals surface area contributed by atoms with Gasteiger partial charge in [-0.05, 0) is 152 Å². The van der Waals surface area contributed by atoms with E-state index in [0.717, 1.165) is 11.8 Å². The third-order valence-corrected chi connectivity index (χ3v) is 17.3. The molecule has 65 heavy (non-hydrogen) atoms. The van der Waals surface area contributed by atoms with Crippen LogP contribution >= 0.6 is 0 Å². The molecule has 0 aliphatic heterocycles. The van der Waals surface area contributed by atoms with Gasteiger partial charge in [-0.3, -0.25) is 0 Å².